The van der Waals surface area contributed by atoms with E-state index in [4.69, 9.17) is 11.6 Å². The monoisotopic (exact) mass is 409 g/mol. The van der Waals surface area contributed by atoms with Gasteiger partial charge in [-0.1, -0.05) is 11.6 Å². The Morgan fingerprint density at radius 2 is 1.79 bits per heavy atom. The van der Waals surface area contributed by atoms with Gasteiger partial charge >= 0.3 is 0 Å². The lowest BCUT2D eigenvalue weighted by Crippen LogP contribution is -2.35. The Labute approximate surface area is 177 Å². The van der Waals surface area contributed by atoms with Gasteiger partial charge in [0.25, 0.3) is 0 Å². The van der Waals surface area contributed by atoms with Crippen molar-refractivity contribution >= 4 is 33.9 Å². The predicted octanol–water partition coefficient (Wildman–Crippen LogP) is 6.10. The summed E-state index contributed by atoms with van der Waals surface area (Å²) in [6, 6.07) is 9.86. The van der Waals surface area contributed by atoms with Crippen LogP contribution >= 0.6 is 11.6 Å². The zero-order valence-electron chi connectivity index (χ0n) is 17.3. The molecule has 2 aromatic carbocycles. The van der Waals surface area contributed by atoms with Crippen LogP contribution in [0.15, 0.2) is 36.5 Å². The first-order chi connectivity index (χ1) is 13.8. The molecule has 0 bridgehead atoms. The summed E-state index contributed by atoms with van der Waals surface area (Å²) in [5, 5.41) is 19.8. The number of hydrogen-bond acceptors (Lipinski definition) is 4. The Bertz CT molecular complexity index is 1060. The largest absolute Gasteiger partial charge is 0.507 e. The van der Waals surface area contributed by atoms with Crippen molar-refractivity contribution < 1.29 is 5.11 Å². The second-order valence-corrected chi connectivity index (χ2v) is 9.28. The predicted molar refractivity (Wildman–Crippen MR) is 121 cm³/mol. The first kappa shape index (κ1) is 20.0. The Hall–Kier alpha value is -2.30. The van der Waals surface area contributed by atoms with Crippen LogP contribution in [0, 0.1) is 0 Å². The van der Waals surface area contributed by atoms with E-state index < -0.39 is 0 Å². The minimum absolute atomic E-state index is 0.0174. The number of aromatic nitrogens is 1. The fourth-order valence-corrected chi connectivity index (χ4v) is 4.14. The summed E-state index contributed by atoms with van der Waals surface area (Å²) in [5.41, 5.74) is 6.18. The summed E-state index contributed by atoms with van der Waals surface area (Å²) in [7, 11) is 0. The highest BCUT2D eigenvalue weighted by Crippen LogP contribution is 2.39. The van der Waals surface area contributed by atoms with Gasteiger partial charge < -0.3 is 15.7 Å². The van der Waals surface area contributed by atoms with Gasteiger partial charge in [-0.2, -0.15) is 0 Å². The second-order valence-electron chi connectivity index (χ2n) is 8.84. The highest BCUT2D eigenvalue weighted by atomic mass is 35.5. The second kappa shape index (κ2) is 7.85. The third-order valence-electron chi connectivity index (χ3n) is 5.48. The molecule has 0 spiro atoms. The molecule has 1 aliphatic rings. The smallest absolute Gasteiger partial charge is 0.123 e. The Balaban J connectivity index is 1.77. The standard InChI is InChI=1S/C24H28ClN3O/c1-24(2,3)27-14-15-12-22(17-6-4-5-7-18(17)23(15)29)28-20-10-11-26-21-13-16(25)8-9-19(20)21/h8-13,27,29H,4-7,14H2,1-3H3,(H,26,28). The first-order valence-electron chi connectivity index (χ1n) is 10.2. The van der Waals surface area contributed by atoms with Crippen LogP contribution in [-0.2, 0) is 19.4 Å². The van der Waals surface area contributed by atoms with E-state index in [2.05, 4.69) is 42.5 Å². The summed E-state index contributed by atoms with van der Waals surface area (Å²) in [6.45, 7) is 7.03. The quantitative estimate of drug-likeness (QED) is 0.455. The van der Waals surface area contributed by atoms with Gasteiger partial charge in [0.05, 0.1) is 5.52 Å². The van der Waals surface area contributed by atoms with Crippen molar-refractivity contribution in [1.29, 1.82) is 0 Å². The average molecular weight is 410 g/mol. The fraction of sp³-hybridized carbons (Fsp3) is 0.375. The van der Waals surface area contributed by atoms with E-state index >= 15 is 0 Å². The van der Waals surface area contributed by atoms with Crippen LogP contribution in [0.1, 0.15) is 50.3 Å². The van der Waals surface area contributed by atoms with Gasteiger partial charge in [-0.05, 0) is 87.9 Å². The molecule has 1 heterocycles. The number of rotatable bonds is 4. The van der Waals surface area contributed by atoms with Crippen LogP contribution in [0.3, 0.4) is 0 Å². The SMILES string of the molecule is CC(C)(C)NCc1cc(Nc2ccnc3cc(Cl)ccc23)c2c(c1O)CCCC2. The maximum atomic E-state index is 10.9. The molecule has 0 fully saturated rings. The van der Waals surface area contributed by atoms with Crippen molar-refractivity contribution in [3.05, 3.63) is 58.2 Å². The van der Waals surface area contributed by atoms with E-state index in [1.54, 1.807) is 6.20 Å². The zero-order chi connectivity index (χ0) is 20.6. The minimum atomic E-state index is -0.0174. The molecule has 1 aliphatic carbocycles. The first-order valence-corrected chi connectivity index (χ1v) is 10.6. The van der Waals surface area contributed by atoms with Crippen LogP contribution in [-0.4, -0.2) is 15.6 Å². The normalized spacial score (nSPS) is 14.1. The molecule has 3 N–H and O–H groups in total. The highest BCUT2D eigenvalue weighted by Gasteiger charge is 2.21. The number of aromatic hydroxyl groups is 1. The Morgan fingerprint density at radius 3 is 2.55 bits per heavy atom. The van der Waals surface area contributed by atoms with Crippen LogP contribution in [0.5, 0.6) is 5.75 Å². The number of phenolic OH excluding ortho intramolecular Hbond substituents is 1. The summed E-state index contributed by atoms with van der Waals surface area (Å²) in [4.78, 5) is 4.45. The summed E-state index contributed by atoms with van der Waals surface area (Å²) < 4.78 is 0. The van der Waals surface area contributed by atoms with E-state index in [0.717, 1.165) is 59.1 Å². The molecule has 0 radical (unpaired) electrons. The molecule has 152 valence electrons. The highest BCUT2D eigenvalue weighted by molar-refractivity contribution is 6.31. The van der Waals surface area contributed by atoms with Gasteiger partial charge in [0.15, 0.2) is 0 Å². The molecule has 0 saturated carbocycles. The van der Waals surface area contributed by atoms with Gasteiger partial charge in [-0.3, -0.25) is 4.98 Å². The number of halogens is 1. The zero-order valence-corrected chi connectivity index (χ0v) is 18.0. The summed E-state index contributed by atoms with van der Waals surface area (Å²) >= 11 is 6.14. The minimum Gasteiger partial charge on any atom is -0.507 e. The molecule has 0 saturated heterocycles. The molecule has 5 heteroatoms. The van der Waals surface area contributed by atoms with Gasteiger partial charge in [0.1, 0.15) is 5.75 Å². The van der Waals surface area contributed by atoms with Crippen LogP contribution < -0.4 is 10.6 Å². The molecule has 29 heavy (non-hydrogen) atoms. The van der Waals surface area contributed by atoms with Gasteiger partial charge in [-0.25, -0.2) is 0 Å². The van der Waals surface area contributed by atoms with Crippen LogP contribution in [0.4, 0.5) is 11.4 Å². The number of benzene rings is 2. The molecule has 4 rings (SSSR count). The molecule has 0 unspecified atom stereocenters. The van der Waals surface area contributed by atoms with Crippen molar-refractivity contribution in [3.8, 4) is 5.75 Å². The van der Waals surface area contributed by atoms with Crippen molar-refractivity contribution in [1.82, 2.24) is 10.3 Å². The maximum absolute atomic E-state index is 10.9. The van der Waals surface area contributed by atoms with E-state index in [9.17, 15) is 5.11 Å². The number of hydrogen-bond donors (Lipinski definition) is 3. The number of nitrogens with zero attached hydrogens (tertiary/aromatic N) is 1. The molecular weight excluding hydrogens is 382 g/mol. The van der Waals surface area contributed by atoms with Crippen LogP contribution in [0.25, 0.3) is 10.9 Å². The lowest BCUT2D eigenvalue weighted by Gasteiger charge is -2.26. The van der Waals surface area contributed by atoms with Crippen molar-refractivity contribution in [2.45, 2.75) is 58.5 Å². The number of pyridine rings is 1. The van der Waals surface area contributed by atoms with Gasteiger partial charge in [0.2, 0.25) is 0 Å². The van der Waals surface area contributed by atoms with Crippen molar-refractivity contribution in [3.63, 3.8) is 0 Å². The Morgan fingerprint density at radius 1 is 1.03 bits per heavy atom. The topological polar surface area (TPSA) is 57.2 Å². The molecular formula is C24H28ClN3O. The molecule has 0 amide bonds. The third kappa shape index (κ3) is 4.34. The van der Waals surface area contributed by atoms with Crippen molar-refractivity contribution in [2.24, 2.45) is 0 Å². The van der Waals surface area contributed by atoms with Crippen molar-refractivity contribution in [2.75, 3.05) is 5.32 Å². The average Bonchev–Trinajstić information content (AvgIpc) is 2.68. The molecule has 1 aromatic heterocycles. The van der Waals surface area contributed by atoms with Crippen LogP contribution in [0.2, 0.25) is 5.02 Å². The van der Waals surface area contributed by atoms with E-state index in [-0.39, 0.29) is 5.54 Å². The molecule has 3 aromatic rings. The van der Waals surface area contributed by atoms with E-state index in [1.165, 1.54) is 5.56 Å². The molecule has 0 aliphatic heterocycles. The third-order valence-corrected chi connectivity index (χ3v) is 5.72. The number of anilines is 2. The van der Waals surface area contributed by atoms with E-state index in [0.29, 0.717) is 17.3 Å². The lowest BCUT2D eigenvalue weighted by atomic mass is 9.87. The van der Waals surface area contributed by atoms with E-state index in [1.807, 2.05) is 24.3 Å². The maximum Gasteiger partial charge on any atom is 0.123 e. The molecule has 4 nitrogen and oxygen atoms in total. The number of phenols is 1. The number of fused-ring (bicyclic) bond motifs is 2. The van der Waals surface area contributed by atoms with Gasteiger partial charge in [0, 0.05) is 45.6 Å². The number of nitrogens with one attached hydrogen (secondary N) is 2. The summed E-state index contributed by atoms with van der Waals surface area (Å²) in [6.07, 6.45) is 5.97. The Kier molecular flexibility index (Phi) is 5.41. The fourth-order valence-electron chi connectivity index (χ4n) is 3.97. The summed E-state index contributed by atoms with van der Waals surface area (Å²) in [5.74, 6) is 0.452. The van der Waals surface area contributed by atoms with Gasteiger partial charge in [-0.15, -0.1) is 0 Å². The molecule has 0 atom stereocenters. The lowest BCUT2D eigenvalue weighted by molar-refractivity contribution is 0.409.